The minimum Gasteiger partial charge on any atom is -0.387 e. The molecule has 0 aliphatic heterocycles. The number of carbonyl (C=O) groups is 1. The molecule has 0 rings (SSSR count). The quantitative estimate of drug-likeness (QED) is 0.500. The van der Waals surface area contributed by atoms with Gasteiger partial charge in [-0.2, -0.15) is 0 Å². The molecule has 0 heterocycles. The SMILES string of the molecule is COC(CN)CC(=O)NCC(C)(O)CN(C)C. The molecule has 0 aliphatic carbocycles. The van der Waals surface area contributed by atoms with Crippen LogP contribution < -0.4 is 11.1 Å². The first-order valence-electron chi connectivity index (χ1n) is 5.67. The molecule has 6 nitrogen and oxygen atoms in total. The summed E-state index contributed by atoms with van der Waals surface area (Å²) in [5, 5.41) is 12.6. The van der Waals surface area contributed by atoms with Crippen LogP contribution in [-0.4, -0.2) is 68.5 Å². The average molecular weight is 247 g/mol. The molecule has 0 aromatic rings. The highest BCUT2D eigenvalue weighted by atomic mass is 16.5. The van der Waals surface area contributed by atoms with E-state index in [4.69, 9.17) is 10.5 Å². The molecule has 1 amide bonds. The van der Waals surface area contributed by atoms with Gasteiger partial charge in [-0.05, 0) is 21.0 Å². The van der Waals surface area contributed by atoms with Gasteiger partial charge in [-0.1, -0.05) is 0 Å². The van der Waals surface area contributed by atoms with Gasteiger partial charge < -0.3 is 25.8 Å². The van der Waals surface area contributed by atoms with E-state index in [0.717, 1.165) is 0 Å². The number of hydrogen-bond donors (Lipinski definition) is 3. The van der Waals surface area contributed by atoms with Crippen LogP contribution in [0.4, 0.5) is 0 Å². The number of aliphatic hydroxyl groups is 1. The van der Waals surface area contributed by atoms with Gasteiger partial charge in [0.25, 0.3) is 0 Å². The Morgan fingerprint density at radius 1 is 1.59 bits per heavy atom. The lowest BCUT2D eigenvalue weighted by atomic mass is 10.1. The summed E-state index contributed by atoms with van der Waals surface area (Å²) in [6.07, 6.45) is -0.0563. The van der Waals surface area contributed by atoms with Crippen molar-refractivity contribution >= 4 is 5.91 Å². The number of amides is 1. The minimum atomic E-state index is -0.940. The number of nitrogens with zero attached hydrogens (tertiary/aromatic N) is 1. The van der Waals surface area contributed by atoms with Gasteiger partial charge in [-0.15, -0.1) is 0 Å². The molecule has 0 radical (unpaired) electrons. The first-order chi connectivity index (χ1) is 7.80. The Balaban J connectivity index is 3.98. The highest BCUT2D eigenvalue weighted by Gasteiger charge is 2.22. The van der Waals surface area contributed by atoms with Crippen LogP contribution in [0.1, 0.15) is 13.3 Å². The van der Waals surface area contributed by atoms with E-state index in [2.05, 4.69) is 5.32 Å². The summed E-state index contributed by atoms with van der Waals surface area (Å²) in [5.41, 5.74) is 4.48. The van der Waals surface area contributed by atoms with Crippen molar-refractivity contribution in [2.24, 2.45) is 5.73 Å². The van der Waals surface area contributed by atoms with Gasteiger partial charge in [0.15, 0.2) is 0 Å². The van der Waals surface area contributed by atoms with Crippen LogP contribution in [-0.2, 0) is 9.53 Å². The van der Waals surface area contributed by atoms with E-state index in [9.17, 15) is 9.90 Å². The van der Waals surface area contributed by atoms with Crippen molar-refractivity contribution in [3.8, 4) is 0 Å². The average Bonchev–Trinajstić information content (AvgIpc) is 2.21. The third-order valence-corrected chi connectivity index (χ3v) is 2.33. The second kappa shape index (κ2) is 7.60. The molecule has 0 aromatic carbocycles. The number of hydrogen-bond acceptors (Lipinski definition) is 5. The molecule has 0 aromatic heterocycles. The highest BCUT2D eigenvalue weighted by molar-refractivity contribution is 5.76. The van der Waals surface area contributed by atoms with Gasteiger partial charge in [0, 0.05) is 26.7 Å². The predicted octanol–water partition coefficient (Wildman–Crippen LogP) is -1.22. The normalized spacial score (nSPS) is 16.6. The fourth-order valence-electron chi connectivity index (χ4n) is 1.57. The third kappa shape index (κ3) is 8.09. The van der Waals surface area contributed by atoms with Crippen LogP contribution in [0.25, 0.3) is 0 Å². The molecule has 6 heteroatoms. The molecule has 0 spiro atoms. The summed E-state index contributed by atoms with van der Waals surface area (Å²) >= 11 is 0. The molecule has 4 N–H and O–H groups in total. The summed E-state index contributed by atoms with van der Waals surface area (Å²) in [4.78, 5) is 13.4. The summed E-state index contributed by atoms with van der Waals surface area (Å²) in [5.74, 6) is -0.165. The van der Waals surface area contributed by atoms with Crippen LogP contribution in [0.2, 0.25) is 0 Å². The Morgan fingerprint density at radius 2 is 2.18 bits per heavy atom. The topological polar surface area (TPSA) is 87.8 Å². The first-order valence-corrected chi connectivity index (χ1v) is 5.67. The zero-order chi connectivity index (χ0) is 13.5. The number of nitrogens with one attached hydrogen (secondary N) is 1. The Bertz CT molecular complexity index is 228. The highest BCUT2D eigenvalue weighted by Crippen LogP contribution is 2.03. The molecule has 0 fully saturated rings. The Hall–Kier alpha value is -0.690. The van der Waals surface area contributed by atoms with Crippen molar-refractivity contribution in [2.75, 3.05) is 40.8 Å². The molecule has 0 saturated heterocycles. The number of nitrogens with two attached hydrogens (primary N) is 1. The Morgan fingerprint density at radius 3 is 2.59 bits per heavy atom. The van der Waals surface area contributed by atoms with E-state index in [1.807, 2.05) is 19.0 Å². The zero-order valence-corrected chi connectivity index (χ0v) is 11.2. The number of carbonyl (C=O) groups excluding carboxylic acids is 1. The van der Waals surface area contributed by atoms with Gasteiger partial charge in [-0.25, -0.2) is 0 Å². The van der Waals surface area contributed by atoms with E-state index in [1.165, 1.54) is 7.11 Å². The minimum absolute atomic E-state index is 0.165. The van der Waals surface area contributed by atoms with Crippen molar-refractivity contribution in [2.45, 2.75) is 25.0 Å². The molecule has 2 atom stereocenters. The molecule has 2 unspecified atom stereocenters. The Kier molecular flexibility index (Phi) is 7.29. The molecular weight excluding hydrogens is 222 g/mol. The van der Waals surface area contributed by atoms with Gasteiger partial charge in [0.2, 0.25) is 5.91 Å². The first kappa shape index (κ1) is 16.3. The molecule has 17 heavy (non-hydrogen) atoms. The largest absolute Gasteiger partial charge is 0.387 e. The number of rotatable bonds is 8. The molecular formula is C11H25N3O3. The van der Waals surface area contributed by atoms with Gasteiger partial charge in [0.1, 0.15) is 0 Å². The molecule has 0 aliphatic rings. The summed E-state index contributed by atoms with van der Waals surface area (Å²) in [6.45, 7) is 2.69. The second-order valence-electron chi connectivity index (χ2n) is 4.81. The number of methoxy groups -OCH3 is 1. The lowest BCUT2D eigenvalue weighted by molar-refractivity contribution is -0.124. The van der Waals surface area contributed by atoms with E-state index in [0.29, 0.717) is 13.1 Å². The van der Waals surface area contributed by atoms with Crippen LogP contribution >= 0.6 is 0 Å². The predicted molar refractivity (Wildman–Crippen MR) is 66.7 cm³/mol. The fraction of sp³-hybridized carbons (Fsp3) is 0.909. The van der Waals surface area contributed by atoms with E-state index in [-0.39, 0.29) is 25.0 Å². The Labute approximate surface area is 103 Å². The summed E-state index contributed by atoms with van der Waals surface area (Å²) in [7, 11) is 5.25. The van der Waals surface area contributed by atoms with Crippen LogP contribution in [0, 0.1) is 0 Å². The number of ether oxygens (including phenoxy) is 1. The third-order valence-electron chi connectivity index (χ3n) is 2.33. The number of likely N-dealkylation sites (N-methyl/N-ethyl adjacent to an activating group) is 1. The van der Waals surface area contributed by atoms with Crippen molar-refractivity contribution in [3.05, 3.63) is 0 Å². The fourth-order valence-corrected chi connectivity index (χ4v) is 1.57. The van der Waals surface area contributed by atoms with Crippen molar-refractivity contribution in [3.63, 3.8) is 0 Å². The van der Waals surface area contributed by atoms with E-state index in [1.54, 1.807) is 6.92 Å². The van der Waals surface area contributed by atoms with Crippen LogP contribution in [0.15, 0.2) is 0 Å². The smallest absolute Gasteiger partial charge is 0.222 e. The van der Waals surface area contributed by atoms with Crippen molar-refractivity contribution in [1.29, 1.82) is 0 Å². The van der Waals surface area contributed by atoms with Crippen molar-refractivity contribution in [1.82, 2.24) is 10.2 Å². The van der Waals surface area contributed by atoms with E-state index >= 15 is 0 Å². The van der Waals surface area contributed by atoms with Gasteiger partial charge in [0.05, 0.1) is 18.1 Å². The molecule has 0 saturated carbocycles. The standard InChI is InChI=1S/C11H25N3O3/c1-11(16,8-14(2)3)7-13-10(15)5-9(6-12)17-4/h9,16H,5-8,12H2,1-4H3,(H,13,15). The maximum Gasteiger partial charge on any atom is 0.222 e. The van der Waals surface area contributed by atoms with E-state index < -0.39 is 5.60 Å². The summed E-state index contributed by atoms with van der Waals surface area (Å²) in [6, 6.07) is 0. The lowest BCUT2D eigenvalue weighted by Gasteiger charge is -2.27. The monoisotopic (exact) mass is 247 g/mol. The lowest BCUT2D eigenvalue weighted by Crippen LogP contribution is -2.47. The van der Waals surface area contributed by atoms with Crippen LogP contribution in [0.3, 0.4) is 0 Å². The summed E-state index contributed by atoms with van der Waals surface area (Å²) < 4.78 is 5.01. The van der Waals surface area contributed by atoms with Crippen molar-refractivity contribution < 1.29 is 14.6 Å². The van der Waals surface area contributed by atoms with Gasteiger partial charge in [-0.3, -0.25) is 4.79 Å². The van der Waals surface area contributed by atoms with Crippen LogP contribution in [0.5, 0.6) is 0 Å². The second-order valence-corrected chi connectivity index (χ2v) is 4.81. The molecule has 102 valence electrons. The van der Waals surface area contributed by atoms with Gasteiger partial charge >= 0.3 is 0 Å². The maximum absolute atomic E-state index is 11.5. The molecule has 0 bridgehead atoms. The zero-order valence-electron chi connectivity index (χ0n) is 11.2. The maximum atomic E-state index is 11.5.